The number of carbonyl (C=O) groups excluding carboxylic acids is 1. The minimum Gasteiger partial charge on any atom is -0.497 e. The molecule has 0 aliphatic heterocycles. The molecule has 1 aromatic carbocycles. The van der Waals surface area contributed by atoms with Crippen LogP contribution < -0.4 is 15.8 Å². The highest BCUT2D eigenvalue weighted by Crippen LogP contribution is 2.21. The van der Waals surface area contributed by atoms with Crippen LogP contribution >= 0.6 is 0 Å². The van der Waals surface area contributed by atoms with Crippen molar-refractivity contribution < 1.29 is 13.9 Å². The lowest BCUT2D eigenvalue weighted by molar-refractivity contribution is 0.0946. The number of nitrogens with zero attached hydrogens (tertiary/aromatic N) is 3. The number of rotatable bonds is 5. The second-order valence-electron chi connectivity index (χ2n) is 5.26. The lowest BCUT2D eigenvalue weighted by Crippen LogP contribution is -2.26. The summed E-state index contributed by atoms with van der Waals surface area (Å²) in [6, 6.07) is 7.41. The molecule has 0 unspecified atom stereocenters. The largest absolute Gasteiger partial charge is 0.497 e. The van der Waals surface area contributed by atoms with E-state index in [1.54, 1.807) is 14.0 Å². The Morgan fingerprint density at radius 2 is 2.20 bits per heavy atom. The Bertz CT molecular complexity index is 893. The molecule has 3 N–H and O–H groups in total. The molecule has 25 heavy (non-hydrogen) atoms. The van der Waals surface area contributed by atoms with Crippen molar-refractivity contribution in [3.05, 3.63) is 53.7 Å². The number of amides is 1. The van der Waals surface area contributed by atoms with Crippen molar-refractivity contribution in [1.29, 1.82) is 0 Å². The third kappa shape index (κ3) is 3.57. The number of oxazole rings is 1. The number of anilines is 1. The number of hydrogen-bond donors (Lipinski definition) is 2. The Balaban J connectivity index is 1.77. The predicted octanol–water partition coefficient (Wildman–Crippen LogP) is 1.96. The van der Waals surface area contributed by atoms with Crippen LogP contribution in [0.1, 0.15) is 21.7 Å². The normalized spacial score (nSPS) is 10.5. The van der Waals surface area contributed by atoms with Gasteiger partial charge in [0, 0.05) is 6.54 Å². The molecule has 0 aliphatic carbocycles. The lowest BCUT2D eigenvalue weighted by atomic mass is 10.2. The average Bonchev–Trinajstić information content (AvgIpc) is 3.16. The van der Waals surface area contributed by atoms with Crippen molar-refractivity contribution in [2.24, 2.45) is 0 Å². The first-order valence-corrected chi connectivity index (χ1v) is 7.53. The molecule has 3 rings (SSSR count). The molecule has 0 saturated carbocycles. The van der Waals surface area contributed by atoms with Crippen LogP contribution in [0.15, 0.2) is 41.1 Å². The summed E-state index contributed by atoms with van der Waals surface area (Å²) < 4.78 is 10.4. The Morgan fingerprint density at radius 1 is 1.36 bits per heavy atom. The molecular weight excluding hydrogens is 322 g/mol. The number of ether oxygens (including phenoxy) is 1. The van der Waals surface area contributed by atoms with Gasteiger partial charge in [-0.15, -0.1) is 0 Å². The molecule has 0 fully saturated rings. The third-order valence-corrected chi connectivity index (χ3v) is 3.53. The highest BCUT2D eigenvalue weighted by atomic mass is 16.5. The molecule has 0 saturated heterocycles. The van der Waals surface area contributed by atoms with Crippen LogP contribution in [-0.2, 0) is 6.54 Å². The first kappa shape index (κ1) is 16.4. The molecule has 0 radical (unpaired) electrons. The summed E-state index contributed by atoms with van der Waals surface area (Å²) in [5.74, 6) is 0.633. The summed E-state index contributed by atoms with van der Waals surface area (Å²) >= 11 is 0. The van der Waals surface area contributed by atoms with Crippen LogP contribution in [-0.4, -0.2) is 28.0 Å². The van der Waals surface area contributed by atoms with Crippen molar-refractivity contribution in [3.63, 3.8) is 0 Å². The van der Waals surface area contributed by atoms with Gasteiger partial charge in [-0.25, -0.2) is 15.0 Å². The van der Waals surface area contributed by atoms with E-state index in [9.17, 15) is 4.79 Å². The van der Waals surface area contributed by atoms with E-state index in [0.717, 1.165) is 11.3 Å². The first-order chi connectivity index (χ1) is 12.1. The minimum atomic E-state index is -0.408. The summed E-state index contributed by atoms with van der Waals surface area (Å²) in [4.78, 5) is 24.8. The molecule has 1 amide bonds. The van der Waals surface area contributed by atoms with Gasteiger partial charge in [-0.05, 0) is 24.6 Å². The Labute approximate surface area is 144 Å². The molecule has 0 bridgehead atoms. The molecule has 8 heteroatoms. The van der Waals surface area contributed by atoms with Crippen molar-refractivity contribution >= 4 is 11.7 Å². The molecule has 2 aromatic heterocycles. The lowest BCUT2D eigenvalue weighted by Gasteiger charge is -2.09. The van der Waals surface area contributed by atoms with Crippen molar-refractivity contribution in [3.8, 4) is 17.3 Å². The fraction of sp³-hybridized carbons (Fsp3) is 0.176. The quantitative estimate of drug-likeness (QED) is 0.730. The van der Waals surface area contributed by atoms with E-state index in [1.165, 1.54) is 12.5 Å². The molecule has 0 spiro atoms. The number of methoxy groups -OCH3 is 1. The maximum Gasteiger partial charge on any atom is 0.273 e. The number of carbonyl (C=O) groups is 1. The zero-order chi connectivity index (χ0) is 17.8. The van der Waals surface area contributed by atoms with Gasteiger partial charge in [-0.2, -0.15) is 0 Å². The minimum absolute atomic E-state index is 0.0157. The van der Waals surface area contributed by atoms with Gasteiger partial charge < -0.3 is 20.2 Å². The van der Waals surface area contributed by atoms with Crippen molar-refractivity contribution in [2.75, 3.05) is 12.8 Å². The third-order valence-electron chi connectivity index (χ3n) is 3.53. The highest BCUT2D eigenvalue weighted by Gasteiger charge is 2.18. The van der Waals surface area contributed by atoms with E-state index >= 15 is 0 Å². The van der Waals surface area contributed by atoms with E-state index in [0.29, 0.717) is 23.8 Å². The highest BCUT2D eigenvalue weighted by molar-refractivity contribution is 5.96. The van der Waals surface area contributed by atoms with Gasteiger partial charge >= 0.3 is 0 Å². The second-order valence-corrected chi connectivity index (χ2v) is 5.26. The molecule has 2 heterocycles. The Kier molecular flexibility index (Phi) is 4.60. The summed E-state index contributed by atoms with van der Waals surface area (Å²) in [6.45, 7) is 2.03. The maximum atomic E-state index is 12.4. The van der Waals surface area contributed by atoms with Gasteiger partial charge in [0.05, 0.1) is 19.0 Å². The number of nitrogens with one attached hydrogen (secondary N) is 1. The number of nitrogen functional groups attached to an aromatic ring is 1. The van der Waals surface area contributed by atoms with E-state index in [1.807, 2.05) is 24.3 Å². The van der Waals surface area contributed by atoms with Crippen LogP contribution in [0.2, 0.25) is 0 Å². The number of benzene rings is 1. The number of nitrogens with two attached hydrogens (primary N) is 1. The molecule has 128 valence electrons. The van der Waals surface area contributed by atoms with Crippen LogP contribution in [0.3, 0.4) is 0 Å². The van der Waals surface area contributed by atoms with Gasteiger partial charge in [-0.1, -0.05) is 12.1 Å². The molecule has 0 aliphatic rings. The van der Waals surface area contributed by atoms with Gasteiger partial charge in [0.15, 0.2) is 11.5 Å². The summed E-state index contributed by atoms with van der Waals surface area (Å²) in [6.07, 6.45) is 2.93. The zero-order valence-corrected chi connectivity index (χ0v) is 13.8. The average molecular weight is 339 g/mol. The van der Waals surface area contributed by atoms with Gasteiger partial charge in [-0.3, -0.25) is 4.79 Å². The van der Waals surface area contributed by atoms with Gasteiger partial charge in [0.25, 0.3) is 5.91 Å². The molecule has 0 atom stereocenters. The monoisotopic (exact) mass is 339 g/mol. The van der Waals surface area contributed by atoms with Gasteiger partial charge in [0.1, 0.15) is 17.7 Å². The summed E-state index contributed by atoms with van der Waals surface area (Å²) in [5.41, 5.74) is 7.76. The molecule has 8 nitrogen and oxygen atoms in total. The van der Waals surface area contributed by atoms with Crippen LogP contribution in [0.5, 0.6) is 5.75 Å². The van der Waals surface area contributed by atoms with E-state index < -0.39 is 5.91 Å². The fourth-order valence-corrected chi connectivity index (χ4v) is 2.29. The smallest absolute Gasteiger partial charge is 0.273 e. The van der Waals surface area contributed by atoms with Gasteiger partial charge in [0.2, 0.25) is 5.89 Å². The van der Waals surface area contributed by atoms with Crippen LogP contribution in [0, 0.1) is 6.92 Å². The zero-order valence-electron chi connectivity index (χ0n) is 13.8. The second kappa shape index (κ2) is 7.00. The molecular formula is C17H17N5O3. The Hall–Kier alpha value is -3.42. The van der Waals surface area contributed by atoms with Crippen LogP contribution in [0.25, 0.3) is 11.6 Å². The van der Waals surface area contributed by atoms with E-state index in [2.05, 4.69) is 20.3 Å². The fourth-order valence-electron chi connectivity index (χ4n) is 2.29. The number of aromatic nitrogens is 3. The summed E-state index contributed by atoms with van der Waals surface area (Å²) in [7, 11) is 1.59. The number of hydrogen-bond acceptors (Lipinski definition) is 7. The standard InChI is InChI=1S/C17H17N5O3/c1-10-13(17-19-6-7-25-17)22-15(18)14(21-10)16(23)20-9-11-4-3-5-12(8-11)24-2/h3-8H,9H2,1-2H3,(H2,18,22)(H,20,23). The first-order valence-electron chi connectivity index (χ1n) is 7.53. The molecule has 3 aromatic rings. The van der Waals surface area contributed by atoms with E-state index in [-0.39, 0.29) is 11.5 Å². The maximum absolute atomic E-state index is 12.4. The van der Waals surface area contributed by atoms with E-state index in [4.69, 9.17) is 14.9 Å². The van der Waals surface area contributed by atoms with Crippen molar-refractivity contribution in [2.45, 2.75) is 13.5 Å². The van der Waals surface area contributed by atoms with Crippen molar-refractivity contribution in [1.82, 2.24) is 20.3 Å². The van der Waals surface area contributed by atoms with Crippen LogP contribution in [0.4, 0.5) is 5.82 Å². The summed E-state index contributed by atoms with van der Waals surface area (Å²) in [5, 5.41) is 2.77. The Morgan fingerprint density at radius 3 is 2.92 bits per heavy atom. The SMILES string of the molecule is COc1cccc(CNC(=O)c2nc(C)c(-c3ncco3)nc2N)c1. The topological polar surface area (TPSA) is 116 Å². The number of aryl methyl sites for hydroxylation is 1. The predicted molar refractivity (Wildman–Crippen MR) is 90.8 cm³/mol.